The van der Waals surface area contributed by atoms with Gasteiger partial charge in [0.15, 0.2) is 5.11 Å². The standard InChI is InChI=1S/C14H20N2OS2/c1-4-16(5-2)14(18)15-13(17)11(3)19-12-9-7-6-8-10-12/h6-11H,4-5H2,1-3H3,(H,15,17,18)/t11-/m0/s1. The smallest absolute Gasteiger partial charge is 0.239 e. The van der Waals surface area contributed by atoms with E-state index < -0.39 is 0 Å². The van der Waals surface area contributed by atoms with Crippen molar-refractivity contribution in [1.82, 2.24) is 10.2 Å². The van der Waals surface area contributed by atoms with Crippen LogP contribution < -0.4 is 5.32 Å². The Labute approximate surface area is 124 Å². The van der Waals surface area contributed by atoms with Crippen molar-refractivity contribution in [3.8, 4) is 0 Å². The van der Waals surface area contributed by atoms with Crippen molar-refractivity contribution < 1.29 is 4.79 Å². The maximum atomic E-state index is 12.0. The first-order valence-electron chi connectivity index (χ1n) is 6.40. The summed E-state index contributed by atoms with van der Waals surface area (Å²) in [5.74, 6) is -0.0502. The van der Waals surface area contributed by atoms with E-state index in [4.69, 9.17) is 12.2 Å². The monoisotopic (exact) mass is 296 g/mol. The van der Waals surface area contributed by atoms with Crippen LogP contribution in [0.1, 0.15) is 20.8 Å². The van der Waals surface area contributed by atoms with E-state index in [1.54, 1.807) is 0 Å². The number of carbonyl (C=O) groups is 1. The van der Waals surface area contributed by atoms with Gasteiger partial charge in [-0.1, -0.05) is 18.2 Å². The molecule has 0 aromatic heterocycles. The van der Waals surface area contributed by atoms with E-state index >= 15 is 0 Å². The molecule has 0 radical (unpaired) electrons. The number of benzene rings is 1. The van der Waals surface area contributed by atoms with Crippen LogP contribution in [0.3, 0.4) is 0 Å². The van der Waals surface area contributed by atoms with Crippen molar-refractivity contribution in [3.63, 3.8) is 0 Å². The van der Waals surface area contributed by atoms with Gasteiger partial charge in [0.05, 0.1) is 5.25 Å². The Bertz CT molecular complexity index is 419. The lowest BCUT2D eigenvalue weighted by Gasteiger charge is -2.22. The van der Waals surface area contributed by atoms with Gasteiger partial charge in [0.2, 0.25) is 5.91 Å². The van der Waals surface area contributed by atoms with E-state index in [1.807, 2.05) is 56.0 Å². The molecule has 1 aromatic rings. The zero-order valence-electron chi connectivity index (χ0n) is 11.6. The number of amides is 1. The Morgan fingerprint density at radius 1 is 1.32 bits per heavy atom. The van der Waals surface area contributed by atoms with Crippen LogP contribution in [-0.4, -0.2) is 34.3 Å². The number of thiocarbonyl (C=S) groups is 1. The fraction of sp³-hybridized carbons (Fsp3) is 0.429. The molecular formula is C14H20N2OS2. The molecule has 0 fully saturated rings. The zero-order valence-corrected chi connectivity index (χ0v) is 13.2. The highest BCUT2D eigenvalue weighted by Gasteiger charge is 2.17. The molecule has 0 heterocycles. The highest BCUT2D eigenvalue weighted by atomic mass is 32.2. The second-order valence-electron chi connectivity index (χ2n) is 4.04. The number of hydrogen-bond donors (Lipinski definition) is 1. The molecular weight excluding hydrogens is 276 g/mol. The lowest BCUT2D eigenvalue weighted by Crippen LogP contribution is -2.44. The molecule has 19 heavy (non-hydrogen) atoms. The normalized spacial score (nSPS) is 11.7. The van der Waals surface area contributed by atoms with Gasteiger partial charge in [-0.05, 0) is 45.1 Å². The zero-order chi connectivity index (χ0) is 14.3. The molecule has 0 aliphatic rings. The van der Waals surface area contributed by atoms with Crippen LogP contribution in [0, 0.1) is 0 Å². The summed E-state index contributed by atoms with van der Waals surface area (Å²) in [6.07, 6.45) is 0. The summed E-state index contributed by atoms with van der Waals surface area (Å²) in [4.78, 5) is 15.1. The van der Waals surface area contributed by atoms with E-state index in [9.17, 15) is 4.79 Å². The first-order chi connectivity index (χ1) is 9.08. The lowest BCUT2D eigenvalue weighted by atomic mass is 10.4. The van der Waals surface area contributed by atoms with E-state index in [2.05, 4.69) is 5.32 Å². The third-order valence-electron chi connectivity index (χ3n) is 2.71. The summed E-state index contributed by atoms with van der Waals surface area (Å²) in [6.45, 7) is 7.53. The first kappa shape index (κ1) is 16.0. The third kappa shape index (κ3) is 5.20. The molecule has 1 rings (SSSR count). The van der Waals surface area contributed by atoms with Crippen LogP contribution in [-0.2, 0) is 4.79 Å². The Morgan fingerprint density at radius 2 is 1.89 bits per heavy atom. The van der Waals surface area contributed by atoms with Gasteiger partial charge in [0.1, 0.15) is 0 Å². The Kier molecular flexibility index (Phi) is 6.87. The van der Waals surface area contributed by atoms with Crippen molar-refractivity contribution >= 4 is 35.0 Å². The fourth-order valence-electron chi connectivity index (χ4n) is 1.55. The summed E-state index contributed by atoms with van der Waals surface area (Å²) in [5, 5.41) is 3.14. The van der Waals surface area contributed by atoms with Gasteiger partial charge >= 0.3 is 0 Å². The Morgan fingerprint density at radius 3 is 2.42 bits per heavy atom. The number of nitrogens with zero attached hydrogens (tertiary/aromatic N) is 1. The molecule has 0 aliphatic heterocycles. The van der Waals surface area contributed by atoms with Crippen LogP contribution in [0.4, 0.5) is 0 Å². The molecule has 1 atom stereocenters. The van der Waals surface area contributed by atoms with E-state index in [0.29, 0.717) is 5.11 Å². The van der Waals surface area contributed by atoms with Crippen molar-refractivity contribution in [3.05, 3.63) is 30.3 Å². The Hall–Kier alpha value is -1.07. The van der Waals surface area contributed by atoms with Crippen molar-refractivity contribution in [2.75, 3.05) is 13.1 Å². The predicted molar refractivity (Wildman–Crippen MR) is 85.4 cm³/mol. The van der Waals surface area contributed by atoms with Gasteiger partial charge in [0.25, 0.3) is 0 Å². The summed E-state index contributed by atoms with van der Waals surface area (Å²) in [6, 6.07) is 9.89. The van der Waals surface area contributed by atoms with Gasteiger partial charge in [-0.25, -0.2) is 0 Å². The van der Waals surface area contributed by atoms with Crippen LogP contribution in [0.15, 0.2) is 35.2 Å². The molecule has 0 unspecified atom stereocenters. The highest BCUT2D eigenvalue weighted by molar-refractivity contribution is 8.00. The molecule has 1 aromatic carbocycles. The minimum absolute atomic E-state index is 0.0502. The highest BCUT2D eigenvalue weighted by Crippen LogP contribution is 2.22. The largest absolute Gasteiger partial charge is 0.350 e. The summed E-state index contributed by atoms with van der Waals surface area (Å²) in [5.41, 5.74) is 0. The van der Waals surface area contributed by atoms with Crippen LogP contribution in [0.2, 0.25) is 0 Å². The molecule has 1 amide bonds. The maximum Gasteiger partial charge on any atom is 0.239 e. The summed E-state index contributed by atoms with van der Waals surface area (Å²) >= 11 is 6.75. The summed E-state index contributed by atoms with van der Waals surface area (Å²) in [7, 11) is 0. The van der Waals surface area contributed by atoms with Gasteiger partial charge in [-0.2, -0.15) is 0 Å². The second-order valence-corrected chi connectivity index (χ2v) is 5.84. The number of nitrogens with one attached hydrogen (secondary N) is 1. The maximum absolute atomic E-state index is 12.0. The molecule has 3 nitrogen and oxygen atoms in total. The lowest BCUT2D eigenvalue weighted by molar-refractivity contribution is -0.119. The fourth-order valence-corrected chi connectivity index (χ4v) is 2.80. The van der Waals surface area contributed by atoms with Crippen molar-refractivity contribution in [2.45, 2.75) is 30.9 Å². The average Bonchev–Trinajstić information content (AvgIpc) is 2.41. The molecule has 0 saturated carbocycles. The predicted octanol–water partition coefficient (Wildman–Crippen LogP) is 2.91. The second kappa shape index (κ2) is 8.17. The van der Waals surface area contributed by atoms with Crippen LogP contribution >= 0.6 is 24.0 Å². The average molecular weight is 296 g/mol. The molecule has 5 heteroatoms. The van der Waals surface area contributed by atoms with E-state index in [1.165, 1.54) is 11.8 Å². The van der Waals surface area contributed by atoms with Crippen LogP contribution in [0.25, 0.3) is 0 Å². The van der Waals surface area contributed by atoms with Gasteiger partial charge in [0, 0.05) is 18.0 Å². The van der Waals surface area contributed by atoms with Crippen LogP contribution in [0.5, 0.6) is 0 Å². The molecule has 0 saturated heterocycles. The molecule has 0 spiro atoms. The van der Waals surface area contributed by atoms with E-state index in [0.717, 1.165) is 18.0 Å². The first-order valence-corrected chi connectivity index (χ1v) is 7.68. The number of rotatable bonds is 5. The SMILES string of the molecule is CCN(CC)C(=S)NC(=O)[C@H](C)Sc1ccccc1. The minimum atomic E-state index is -0.170. The minimum Gasteiger partial charge on any atom is -0.350 e. The molecule has 0 bridgehead atoms. The van der Waals surface area contributed by atoms with E-state index in [-0.39, 0.29) is 11.2 Å². The summed E-state index contributed by atoms with van der Waals surface area (Å²) < 4.78 is 0. The third-order valence-corrected chi connectivity index (χ3v) is 4.18. The Balaban J connectivity index is 2.51. The molecule has 1 N–H and O–H groups in total. The van der Waals surface area contributed by atoms with Gasteiger partial charge in [-0.15, -0.1) is 11.8 Å². The topological polar surface area (TPSA) is 32.3 Å². The number of carbonyl (C=O) groups excluding carboxylic acids is 1. The van der Waals surface area contributed by atoms with Gasteiger partial charge < -0.3 is 10.2 Å². The quantitative estimate of drug-likeness (QED) is 0.669. The van der Waals surface area contributed by atoms with Gasteiger partial charge in [-0.3, -0.25) is 4.79 Å². The van der Waals surface area contributed by atoms with Crippen molar-refractivity contribution in [1.29, 1.82) is 0 Å². The van der Waals surface area contributed by atoms with Crippen molar-refractivity contribution in [2.24, 2.45) is 0 Å². The molecule has 0 aliphatic carbocycles. The number of hydrogen-bond acceptors (Lipinski definition) is 3. The molecule has 104 valence electrons. The number of thioether (sulfide) groups is 1.